The molecular formula is C17H15Cl2NO3S. The molecule has 1 unspecified atom stereocenters. The molecule has 0 saturated heterocycles. The van der Waals surface area contributed by atoms with Crippen LogP contribution in [0.3, 0.4) is 0 Å². The van der Waals surface area contributed by atoms with E-state index in [1.165, 1.54) is 6.07 Å². The summed E-state index contributed by atoms with van der Waals surface area (Å²) in [5.41, 5.74) is 0.993. The van der Waals surface area contributed by atoms with Crippen LogP contribution in [0.4, 0.5) is 0 Å². The summed E-state index contributed by atoms with van der Waals surface area (Å²) in [6, 6.07) is 6.94. The fourth-order valence-corrected chi connectivity index (χ4v) is 4.32. The molecule has 1 atom stereocenters. The lowest BCUT2D eigenvalue weighted by atomic mass is 10.0. The summed E-state index contributed by atoms with van der Waals surface area (Å²) in [6.07, 6.45) is 0.464. The van der Waals surface area contributed by atoms with E-state index < -0.39 is 5.63 Å². The third kappa shape index (κ3) is 3.48. The average Bonchev–Trinajstić information content (AvgIpc) is 2.75. The van der Waals surface area contributed by atoms with Crippen LogP contribution in [0.15, 0.2) is 38.5 Å². The van der Waals surface area contributed by atoms with E-state index in [0.717, 1.165) is 11.3 Å². The van der Waals surface area contributed by atoms with E-state index >= 15 is 0 Å². The molecule has 0 saturated carbocycles. The largest absolute Gasteiger partial charge is 0.507 e. The lowest BCUT2D eigenvalue weighted by molar-refractivity contribution is 0.432. The fourth-order valence-electron chi connectivity index (χ4n) is 2.69. The van der Waals surface area contributed by atoms with Gasteiger partial charge in [-0.05, 0) is 18.6 Å². The Bertz CT molecular complexity index is 863. The molecule has 0 fully saturated rings. The quantitative estimate of drug-likeness (QED) is 0.820. The van der Waals surface area contributed by atoms with Crippen LogP contribution in [0.5, 0.6) is 5.75 Å². The van der Waals surface area contributed by atoms with Crippen LogP contribution in [-0.2, 0) is 0 Å². The van der Waals surface area contributed by atoms with Crippen LogP contribution >= 0.6 is 35.0 Å². The summed E-state index contributed by atoms with van der Waals surface area (Å²) in [7, 11) is 0. The van der Waals surface area contributed by atoms with E-state index in [-0.39, 0.29) is 16.6 Å². The number of aliphatic imine (C=N–C) groups is 1. The number of aryl methyl sites for hydroxylation is 1. The Hall–Kier alpha value is -1.43. The highest BCUT2D eigenvalue weighted by Gasteiger charge is 2.25. The maximum Gasteiger partial charge on any atom is 0.348 e. The Morgan fingerprint density at radius 2 is 2.17 bits per heavy atom. The van der Waals surface area contributed by atoms with Crippen LogP contribution in [0.25, 0.3) is 0 Å². The van der Waals surface area contributed by atoms with Crippen molar-refractivity contribution in [1.29, 1.82) is 0 Å². The van der Waals surface area contributed by atoms with Crippen molar-refractivity contribution in [3.8, 4) is 5.75 Å². The molecule has 1 aromatic heterocycles. The standard InChI is InChI=1S/C17H15Cl2NO3S/c1-9-7-13(21)15(17(22)23-9)12-8-14(24-6-5-20-12)10-3-2-4-11(18)16(10)19/h2-4,7,14,21H,5-6,8H2,1H3. The van der Waals surface area contributed by atoms with Crippen molar-refractivity contribution < 1.29 is 9.52 Å². The van der Waals surface area contributed by atoms with Crippen molar-refractivity contribution in [2.45, 2.75) is 18.6 Å². The molecule has 2 aromatic rings. The van der Waals surface area contributed by atoms with Gasteiger partial charge in [-0.1, -0.05) is 35.3 Å². The van der Waals surface area contributed by atoms with Crippen LogP contribution in [0.1, 0.15) is 28.6 Å². The molecule has 0 spiro atoms. The molecule has 1 aromatic carbocycles. The Balaban J connectivity index is 2.01. The lowest BCUT2D eigenvalue weighted by Gasteiger charge is -2.17. The first-order valence-electron chi connectivity index (χ1n) is 7.40. The second-order valence-electron chi connectivity index (χ2n) is 5.44. The van der Waals surface area contributed by atoms with Crippen molar-refractivity contribution in [1.82, 2.24) is 0 Å². The summed E-state index contributed by atoms with van der Waals surface area (Å²) in [6.45, 7) is 2.17. The fraction of sp³-hybridized carbons (Fsp3) is 0.294. The average molecular weight is 384 g/mol. The minimum Gasteiger partial charge on any atom is -0.507 e. The van der Waals surface area contributed by atoms with E-state index in [9.17, 15) is 9.90 Å². The van der Waals surface area contributed by atoms with Gasteiger partial charge in [0.05, 0.1) is 15.8 Å². The van der Waals surface area contributed by atoms with E-state index in [1.54, 1.807) is 24.8 Å². The number of aromatic hydroxyl groups is 1. The minimum absolute atomic E-state index is 0.00227. The van der Waals surface area contributed by atoms with Crippen LogP contribution in [0, 0.1) is 6.92 Å². The lowest BCUT2D eigenvalue weighted by Crippen LogP contribution is -2.17. The van der Waals surface area contributed by atoms with E-state index in [2.05, 4.69) is 4.99 Å². The maximum atomic E-state index is 12.2. The van der Waals surface area contributed by atoms with Crippen molar-refractivity contribution in [2.24, 2.45) is 4.99 Å². The highest BCUT2D eigenvalue weighted by molar-refractivity contribution is 7.99. The number of rotatable bonds is 2. The van der Waals surface area contributed by atoms with Gasteiger partial charge in [0.15, 0.2) is 0 Å². The summed E-state index contributed by atoms with van der Waals surface area (Å²) in [4.78, 5) is 16.6. The zero-order chi connectivity index (χ0) is 17.3. The van der Waals surface area contributed by atoms with Crippen molar-refractivity contribution in [2.75, 3.05) is 12.3 Å². The van der Waals surface area contributed by atoms with Crippen LogP contribution < -0.4 is 5.63 Å². The third-order valence-corrected chi connectivity index (χ3v) is 5.84. The predicted molar refractivity (Wildman–Crippen MR) is 99.1 cm³/mol. The predicted octanol–water partition coefficient (Wildman–Crippen LogP) is 4.63. The van der Waals surface area contributed by atoms with Gasteiger partial charge in [0.25, 0.3) is 0 Å². The van der Waals surface area contributed by atoms with Crippen molar-refractivity contribution in [3.05, 3.63) is 61.6 Å². The smallest absolute Gasteiger partial charge is 0.348 e. The molecule has 2 heterocycles. The van der Waals surface area contributed by atoms with Gasteiger partial charge in [-0.3, -0.25) is 4.99 Å². The van der Waals surface area contributed by atoms with Gasteiger partial charge < -0.3 is 9.52 Å². The third-order valence-electron chi connectivity index (χ3n) is 3.76. The number of halogens is 2. The molecule has 0 bridgehead atoms. The number of nitrogens with zero attached hydrogens (tertiary/aromatic N) is 1. The Morgan fingerprint density at radius 3 is 2.92 bits per heavy atom. The second kappa shape index (κ2) is 7.21. The van der Waals surface area contributed by atoms with Crippen LogP contribution in [0.2, 0.25) is 10.0 Å². The van der Waals surface area contributed by atoms with Gasteiger partial charge in [0, 0.05) is 30.0 Å². The highest BCUT2D eigenvalue weighted by Crippen LogP contribution is 2.41. The first-order valence-corrected chi connectivity index (χ1v) is 9.20. The van der Waals surface area contributed by atoms with Gasteiger partial charge in [0.1, 0.15) is 17.1 Å². The molecule has 24 heavy (non-hydrogen) atoms. The summed E-state index contributed by atoms with van der Waals surface area (Å²) in [5.74, 6) is 1.04. The summed E-state index contributed by atoms with van der Waals surface area (Å²) < 4.78 is 5.12. The molecule has 0 aliphatic carbocycles. The Morgan fingerprint density at radius 1 is 1.38 bits per heavy atom. The molecule has 0 amide bonds. The van der Waals surface area contributed by atoms with Crippen LogP contribution in [-0.4, -0.2) is 23.1 Å². The molecule has 1 aliphatic heterocycles. The number of benzene rings is 1. The van der Waals surface area contributed by atoms with Gasteiger partial charge in [-0.25, -0.2) is 4.79 Å². The normalized spacial score (nSPS) is 18.1. The molecular weight excluding hydrogens is 369 g/mol. The van der Waals surface area contributed by atoms with E-state index in [4.69, 9.17) is 27.6 Å². The number of thioether (sulfide) groups is 1. The van der Waals surface area contributed by atoms with Gasteiger partial charge in [-0.15, -0.1) is 0 Å². The molecule has 126 valence electrons. The topological polar surface area (TPSA) is 62.8 Å². The van der Waals surface area contributed by atoms with Gasteiger partial charge in [-0.2, -0.15) is 11.8 Å². The maximum absolute atomic E-state index is 12.2. The molecule has 4 nitrogen and oxygen atoms in total. The molecule has 7 heteroatoms. The number of hydrogen-bond donors (Lipinski definition) is 1. The zero-order valence-corrected chi connectivity index (χ0v) is 15.2. The van der Waals surface area contributed by atoms with Crippen molar-refractivity contribution >= 4 is 40.7 Å². The molecule has 1 N–H and O–H groups in total. The molecule has 3 rings (SSSR count). The Labute approximate surface area is 153 Å². The first kappa shape index (κ1) is 17.4. The summed E-state index contributed by atoms with van der Waals surface area (Å²) >= 11 is 14.2. The van der Waals surface area contributed by atoms with Crippen molar-refractivity contribution in [3.63, 3.8) is 0 Å². The van der Waals surface area contributed by atoms with E-state index in [0.29, 0.717) is 34.5 Å². The van der Waals surface area contributed by atoms with Gasteiger partial charge >= 0.3 is 5.63 Å². The first-order chi connectivity index (χ1) is 11.5. The minimum atomic E-state index is -0.575. The zero-order valence-electron chi connectivity index (χ0n) is 12.9. The SMILES string of the molecule is Cc1cc(O)c(C2=NCCSC(c3cccc(Cl)c3Cl)C2)c(=O)o1. The van der Waals surface area contributed by atoms with Gasteiger partial charge in [0.2, 0.25) is 0 Å². The molecule has 0 radical (unpaired) electrons. The number of hydrogen-bond acceptors (Lipinski definition) is 5. The monoisotopic (exact) mass is 383 g/mol. The molecule has 1 aliphatic rings. The highest BCUT2D eigenvalue weighted by atomic mass is 35.5. The summed E-state index contributed by atoms with van der Waals surface area (Å²) in [5, 5.41) is 11.2. The second-order valence-corrected chi connectivity index (χ2v) is 7.54. The van der Waals surface area contributed by atoms with E-state index in [1.807, 2.05) is 12.1 Å². The Kier molecular flexibility index (Phi) is 5.23.